The maximum atomic E-state index is 14.4. The molecule has 82 heavy (non-hydrogen) atoms. The van der Waals surface area contributed by atoms with Crippen molar-refractivity contribution >= 4 is 82.7 Å². The van der Waals surface area contributed by atoms with Crippen LogP contribution in [-0.4, -0.2) is 196 Å². The fourth-order valence-corrected chi connectivity index (χ4v) is 8.70. The molecule has 0 radical (unpaired) electrons. The van der Waals surface area contributed by atoms with Crippen molar-refractivity contribution in [3.63, 3.8) is 0 Å². The molecule has 0 aromatic carbocycles. The Hall–Kier alpha value is -6.57. The number of aliphatic carboxylic acids is 1. The third-order valence-corrected chi connectivity index (χ3v) is 13.5. The second-order valence-electron chi connectivity index (χ2n) is 19.9. The maximum absolute atomic E-state index is 14.4. The molecule has 30 nitrogen and oxygen atoms in total. The summed E-state index contributed by atoms with van der Waals surface area (Å²) in [4.78, 5) is 167. The number of esters is 2. The zero-order valence-corrected chi connectivity index (χ0v) is 47.4. The minimum Gasteiger partial charge on any atom is -0.478 e. The van der Waals surface area contributed by atoms with Crippen LogP contribution in [0.1, 0.15) is 130 Å². The number of allylic oxidation sites excluding steroid dienone is 1. The van der Waals surface area contributed by atoms with Crippen molar-refractivity contribution in [2.45, 2.75) is 203 Å². The van der Waals surface area contributed by atoms with E-state index in [1.165, 1.54) is 6.92 Å². The summed E-state index contributed by atoms with van der Waals surface area (Å²) in [5.41, 5.74) is 16.5. The first-order valence-electron chi connectivity index (χ1n) is 27.7. The summed E-state index contributed by atoms with van der Waals surface area (Å²) in [5.74, 6) is -17.8. The zero-order valence-electron chi connectivity index (χ0n) is 46.7. The summed E-state index contributed by atoms with van der Waals surface area (Å²) in [6.07, 6.45) is -0.256. The standard InChI is InChI=1S/C51H85ClN12O18/c1-4-6-7-8-9-10-11-12-13-16-28(66)23-36(68)56-34-26-81-51(80)39(35(67)25-52)63-49(77)40-41(50(78)79)82-37(69)24-33(61-44(72)31(18-21-54)60-47(34)75)46(74)58-30(17-14-15-20-53)43(71)59-32(19-22-55)45(73)62-38(27(3)65)48(76)57-29(5-2)42(70)64-40/h5,27-28,30-35,38-41,65-67H,4,6-26,53-55H2,1-3H3,(H,56,68)(H,57,76)(H,58,74)(H,59,71)(H,60,75)(H,61,72)(H,62,73)(H,63,77)(H,64,70)(H,78,79)/b29-5-/t27-,28+,30-,31+,32-,33+,34-,35+,38-,39-,40-,41-/m0/s1. The topological polar surface area (TPSA) is 491 Å². The van der Waals surface area contributed by atoms with Crippen LogP contribution in [0.25, 0.3) is 0 Å². The van der Waals surface area contributed by atoms with Crippen molar-refractivity contribution in [1.82, 2.24) is 47.9 Å². The predicted molar refractivity (Wildman–Crippen MR) is 292 cm³/mol. The number of nitrogens with two attached hydrogens (primary N) is 3. The summed E-state index contributed by atoms with van der Waals surface area (Å²) < 4.78 is 10.6. The second-order valence-corrected chi connectivity index (χ2v) is 20.2. The molecule has 0 aromatic rings. The molecule has 0 spiro atoms. The molecule has 0 aromatic heterocycles. The molecule has 0 saturated carbocycles. The minimum atomic E-state index is -2.85. The Labute approximate surface area is 480 Å². The van der Waals surface area contributed by atoms with E-state index in [-0.39, 0.29) is 51.7 Å². The molecule has 464 valence electrons. The Balaban J connectivity index is 2.89. The van der Waals surface area contributed by atoms with Gasteiger partial charge in [-0.3, -0.25) is 47.9 Å². The highest BCUT2D eigenvalue weighted by Gasteiger charge is 2.44. The number of carbonyl (C=O) groups is 12. The number of aliphatic hydroxyl groups is 3. The smallest absolute Gasteiger partial charge is 0.347 e. The molecule has 0 unspecified atom stereocenters. The van der Waals surface area contributed by atoms with E-state index in [2.05, 4.69) is 44.1 Å². The summed E-state index contributed by atoms with van der Waals surface area (Å²) in [6.45, 7) is 2.78. The summed E-state index contributed by atoms with van der Waals surface area (Å²) in [7, 11) is 0. The third-order valence-electron chi connectivity index (χ3n) is 13.2. The number of unbranched alkanes of at least 4 members (excludes halogenated alkanes) is 9. The number of cyclic esters (lactones) is 1. The first kappa shape index (κ1) is 71.5. The molecule has 2 bridgehead atoms. The van der Waals surface area contributed by atoms with Gasteiger partial charge in [0.05, 0.1) is 37.0 Å². The molecule has 2 rings (SSSR count). The van der Waals surface area contributed by atoms with Crippen molar-refractivity contribution in [2.24, 2.45) is 17.2 Å². The number of carbonyl (C=O) groups excluding carboxylic acids is 11. The van der Waals surface area contributed by atoms with Crippen molar-refractivity contribution < 1.29 is 87.4 Å². The molecule has 12 atom stereocenters. The van der Waals surface area contributed by atoms with Crippen LogP contribution in [-0.2, 0) is 67.0 Å². The molecule has 9 amide bonds. The van der Waals surface area contributed by atoms with E-state index in [0.717, 1.165) is 64.4 Å². The highest BCUT2D eigenvalue weighted by Crippen LogP contribution is 2.15. The van der Waals surface area contributed by atoms with Crippen molar-refractivity contribution in [3.05, 3.63) is 11.8 Å². The first-order chi connectivity index (χ1) is 39.0. The Morgan fingerprint density at radius 2 is 1.22 bits per heavy atom. The van der Waals surface area contributed by atoms with Gasteiger partial charge in [-0.05, 0) is 72.0 Å². The van der Waals surface area contributed by atoms with Gasteiger partial charge in [0.2, 0.25) is 53.4 Å². The number of hydrogen-bond donors (Lipinski definition) is 16. The fraction of sp³-hybridized carbons (Fsp3) is 0.725. The van der Waals surface area contributed by atoms with Gasteiger partial charge in [0.1, 0.15) is 48.6 Å². The second kappa shape index (κ2) is 38.3. The Bertz CT molecular complexity index is 2210. The molecule has 2 heterocycles. The van der Waals surface area contributed by atoms with Gasteiger partial charge < -0.3 is 95.0 Å². The SMILES string of the molecule is C/C=C1\NC(=O)[C@H]([C@H](C)O)NC(=O)[C@H](CCN)NC(=O)[C@H](CCCCN)NC(=O)[C@H]2CC(=O)O[C@H](C(=O)O)[C@H](NC1=O)C(=O)N[C@@H]([C@H](O)CCl)C(=O)OC[C@H](NC(=O)C[C@H](O)CCCCCCCCCCC)C(=O)N[C@H](CCN)C(=O)N2. The number of amides is 9. The van der Waals surface area contributed by atoms with E-state index >= 15 is 0 Å². The van der Waals surface area contributed by atoms with E-state index < -0.39 is 181 Å². The van der Waals surface area contributed by atoms with Crippen LogP contribution in [0.15, 0.2) is 11.8 Å². The van der Waals surface area contributed by atoms with Gasteiger partial charge in [-0.1, -0.05) is 70.8 Å². The average molecular weight is 1190 g/mol. The van der Waals surface area contributed by atoms with E-state index in [1.54, 1.807) is 0 Å². The van der Waals surface area contributed by atoms with Crippen LogP contribution in [0.4, 0.5) is 0 Å². The molecule has 2 fully saturated rings. The number of ether oxygens (including phenoxy) is 2. The van der Waals surface area contributed by atoms with E-state index in [9.17, 15) is 78.0 Å². The Morgan fingerprint density at radius 1 is 0.671 bits per heavy atom. The molecule has 0 aliphatic carbocycles. The molecule has 2 aliphatic heterocycles. The maximum Gasteiger partial charge on any atom is 0.347 e. The molecular weight excluding hydrogens is 1100 g/mol. The molecular formula is C51H85ClN12O18. The van der Waals surface area contributed by atoms with Gasteiger partial charge in [0.25, 0.3) is 5.91 Å². The van der Waals surface area contributed by atoms with Gasteiger partial charge in [0, 0.05) is 0 Å². The lowest BCUT2D eigenvalue weighted by molar-refractivity contribution is -0.169. The molecule has 31 heteroatoms. The number of nitrogens with one attached hydrogen (secondary N) is 9. The van der Waals surface area contributed by atoms with Gasteiger partial charge in [-0.2, -0.15) is 0 Å². The number of fused-ring (bicyclic) bond motifs is 5. The lowest BCUT2D eigenvalue weighted by atomic mass is 10.0. The fourth-order valence-electron chi connectivity index (χ4n) is 8.52. The van der Waals surface area contributed by atoms with Crippen LogP contribution >= 0.6 is 11.6 Å². The van der Waals surface area contributed by atoms with Gasteiger partial charge in [0.15, 0.2) is 12.1 Å². The number of carboxylic acid groups (broad SMARTS) is 1. The van der Waals surface area contributed by atoms with E-state index in [1.807, 2.05) is 10.6 Å². The van der Waals surface area contributed by atoms with E-state index in [4.69, 9.17) is 38.3 Å². The predicted octanol–water partition coefficient (Wildman–Crippen LogP) is -4.68. The van der Waals surface area contributed by atoms with Crippen molar-refractivity contribution in [2.75, 3.05) is 32.1 Å². The first-order valence-corrected chi connectivity index (χ1v) is 28.2. The largest absolute Gasteiger partial charge is 0.478 e. The number of rotatable bonds is 25. The van der Waals surface area contributed by atoms with E-state index in [0.29, 0.717) is 6.42 Å². The Kier molecular flexibility index (Phi) is 33.4. The average Bonchev–Trinajstić information content (AvgIpc) is 3.43. The van der Waals surface area contributed by atoms with Crippen LogP contribution in [0.2, 0.25) is 0 Å². The lowest BCUT2D eigenvalue weighted by Crippen LogP contribution is -2.63. The number of alkyl halides is 1. The van der Waals surface area contributed by atoms with Gasteiger partial charge in [-0.25, -0.2) is 9.59 Å². The molecule has 2 aliphatic rings. The van der Waals surface area contributed by atoms with Crippen molar-refractivity contribution in [3.8, 4) is 0 Å². The number of halogens is 1. The zero-order chi connectivity index (χ0) is 61.5. The highest BCUT2D eigenvalue weighted by atomic mass is 35.5. The number of aliphatic hydroxyl groups excluding tert-OH is 3. The van der Waals surface area contributed by atoms with Crippen molar-refractivity contribution in [1.29, 1.82) is 0 Å². The third kappa shape index (κ3) is 24.9. The minimum absolute atomic E-state index is 0.115. The number of hydrogen-bond acceptors (Lipinski definition) is 20. The monoisotopic (exact) mass is 1190 g/mol. The highest BCUT2D eigenvalue weighted by molar-refractivity contribution is 6.18. The summed E-state index contributed by atoms with van der Waals surface area (Å²) in [6, 6.07) is -16.0. The van der Waals surface area contributed by atoms with Gasteiger partial charge in [-0.15, -0.1) is 11.6 Å². The lowest BCUT2D eigenvalue weighted by Gasteiger charge is -2.30. The molecule has 2 saturated heterocycles. The summed E-state index contributed by atoms with van der Waals surface area (Å²) >= 11 is 5.92. The van der Waals surface area contributed by atoms with Crippen LogP contribution in [0.3, 0.4) is 0 Å². The molecule has 19 N–H and O–H groups in total. The Morgan fingerprint density at radius 3 is 1.78 bits per heavy atom. The van der Waals surface area contributed by atoms with Crippen LogP contribution in [0.5, 0.6) is 0 Å². The number of carboxylic acids is 1. The van der Waals surface area contributed by atoms with Gasteiger partial charge >= 0.3 is 17.9 Å². The quantitative estimate of drug-likeness (QED) is 0.0177. The normalized spacial score (nSPS) is 26.0. The van der Waals surface area contributed by atoms with Crippen LogP contribution < -0.4 is 65.1 Å². The summed E-state index contributed by atoms with van der Waals surface area (Å²) in [5, 5.41) is 63.1. The van der Waals surface area contributed by atoms with Crippen LogP contribution in [0, 0.1) is 0 Å².